The number of nitrogens with two attached hydrogens (primary N) is 1. The van der Waals surface area contributed by atoms with Crippen LogP contribution in [0.3, 0.4) is 0 Å². The van der Waals surface area contributed by atoms with Crippen LogP contribution >= 0.6 is 0 Å². The lowest BCUT2D eigenvalue weighted by atomic mass is 9.83. The average molecular weight is 252 g/mol. The molecule has 3 fully saturated rings. The maximum atomic E-state index is 12.3. The van der Waals surface area contributed by atoms with Gasteiger partial charge in [-0.05, 0) is 50.9 Å². The third kappa shape index (κ3) is 2.05. The van der Waals surface area contributed by atoms with Crippen LogP contribution in [0.5, 0.6) is 0 Å². The van der Waals surface area contributed by atoms with Crippen molar-refractivity contribution in [2.24, 2.45) is 23.5 Å². The average Bonchev–Trinajstić information content (AvgIpc) is 2.86. The van der Waals surface area contributed by atoms with Gasteiger partial charge in [0.05, 0.1) is 12.0 Å². The Hall–Kier alpha value is -0.610. The Balaban J connectivity index is 1.48. The van der Waals surface area contributed by atoms with Crippen molar-refractivity contribution in [2.75, 3.05) is 6.61 Å². The van der Waals surface area contributed by atoms with Gasteiger partial charge in [-0.1, -0.05) is 0 Å². The molecule has 3 N–H and O–H groups in total. The minimum Gasteiger partial charge on any atom is -0.378 e. The van der Waals surface area contributed by atoms with Gasteiger partial charge in [-0.3, -0.25) is 4.79 Å². The van der Waals surface area contributed by atoms with E-state index in [2.05, 4.69) is 5.32 Å². The van der Waals surface area contributed by atoms with Gasteiger partial charge in [-0.2, -0.15) is 0 Å². The molecule has 2 bridgehead atoms. The normalized spacial score (nSPS) is 45.9. The SMILES string of the molecule is CCOC1CC(NC(=O)C2C3CCC(C3)C2N)C1. The summed E-state index contributed by atoms with van der Waals surface area (Å²) in [4.78, 5) is 12.3. The lowest BCUT2D eigenvalue weighted by Crippen LogP contribution is -2.53. The molecular formula is C14H24N2O2. The first-order valence-electron chi connectivity index (χ1n) is 7.36. The van der Waals surface area contributed by atoms with E-state index in [4.69, 9.17) is 10.5 Å². The van der Waals surface area contributed by atoms with Crippen molar-refractivity contribution < 1.29 is 9.53 Å². The van der Waals surface area contributed by atoms with E-state index in [1.807, 2.05) is 6.92 Å². The molecule has 4 nitrogen and oxygen atoms in total. The Kier molecular flexibility index (Phi) is 3.32. The van der Waals surface area contributed by atoms with E-state index in [1.165, 1.54) is 19.3 Å². The van der Waals surface area contributed by atoms with Crippen LogP contribution in [0.2, 0.25) is 0 Å². The summed E-state index contributed by atoms with van der Waals surface area (Å²) in [6, 6.07) is 0.423. The summed E-state index contributed by atoms with van der Waals surface area (Å²) < 4.78 is 5.51. The van der Waals surface area contributed by atoms with Crippen LogP contribution in [0.4, 0.5) is 0 Å². The second-order valence-corrected chi connectivity index (χ2v) is 6.19. The van der Waals surface area contributed by atoms with E-state index in [0.29, 0.717) is 24.0 Å². The maximum absolute atomic E-state index is 12.3. The molecule has 0 aliphatic heterocycles. The molecule has 1 amide bonds. The number of hydrogen-bond acceptors (Lipinski definition) is 3. The van der Waals surface area contributed by atoms with Crippen molar-refractivity contribution in [2.45, 2.75) is 57.2 Å². The van der Waals surface area contributed by atoms with E-state index in [-0.39, 0.29) is 17.9 Å². The highest BCUT2D eigenvalue weighted by molar-refractivity contribution is 5.80. The first-order valence-corrected chi connectivity index (χ1v) is 7.36. The Morgan fingerprint density at radius 1 is 1.28 bits per heavy atom. The number of ether oxygens (including phenoxy) is 1. The Morgan fingerprint density at radius 2 is 2.00 bits per heavy atom. The monoisotopic (exact) mass is 252 g/mol. The number of nitrogens with one attached hydrogen (secondary N) is 1. The summed E-state index contributed by atoms with van der Waals surface area (Å²) in [6.45, 7) is 2.78. The number of fused-ring (bicyclic) bond motifs is 2. The van der Waals surface area contributed by atoms with Gasteiger partial charge in [0.2, 0.25) is 5.91 Å². The maximum Gasteiger partial charge on any atom is 0.225 e. The standard InChI is InChI=1S/C14H24N2O2/c1-2-18-11-6-10(7-11)16-14(17)12-8-3-4-9(5-8)13(12)15/h8-13H,2-7,15H2,1H3,(H,16,17). The van der Waals surface area contributed by atoms with E-state index < -0.39 is 0 Å². The summed E-state index contributed by atoms with van der Waals surface area (Å²) >= 11 is 0. The second kappa shape index (κ2) is 4.82. The lowest BCUT2D eigenvalue weighted by Gasteiger charge is -2.37. The highest BCUT2D eigenvalue weighted by Gasteiger charge is 2.49. The highest BCUT2D eigenvalue weighted by atomic mass is 16.5. The van der Waals surface area contributed by atoms with Crippen molar-refractivity contribution in [1.29, 1.82) is 0 Å². The van der Waals surface area contributed by atoms with Gasteiger partial charge < -0.3 is 15.8 Å². The van der Waals surface area contributed by atoms with Gasteiger partial charge in [0.1, 0.15) is 0 Å². The lowest BCUT2D eigenvalue weighted by molar-refractivity contribution is -0.129. The largest absolute Gasteiger partial charge is 0.378 e. The quantitative estimate of drug-likeness (QED) is 0.786. The molecule has 0 saturated heterocycles. The molecule has 4 heteroatoms. The predicted molar refractivity (Wildman–Crippen MR) is 68.9 cm³/mol. The summed E-state index contributed by atoms with van der Waals surface area (Å²) in [6.07, 6.45) is 5.89. The molecule has 0 aromatic rings. The molecule has 3 aliphatic rings. The van der Waals surface area contributed by atoms with Gasteiger partial charge in [-0.25, -0.2) is 0 Å². The summed E-state index contributed by atoms with van der Waals surface area (Å²) in [5.74, 6) is 1.43. The van der Waals surface area contributed by atoms with Crippen molar-refractivity contribution in [3.63, 3.8) is 0 Å². The summed E-state index contributed by atoms with van der Waals surface area (Å²) in [5.41, 5.74) is 6.19. The van der Waals surface area contributed by atoms with E-state index in [0.717, 1.165) is 19.4 Å². The molecule has 0 aromatic heterocycles. The van der Waals surface area contributed by atoms with E-state index in [1.54, 1.807) is 0 Å². The number of carbonyl (C=O) groups excluding carboxylic acids is 1. The molecule has 3 rings (SSSR count). The Bertz CT molecular complexity index is 326. The first kappa shape index (κ1) is 12.4. The molecule has 4 unspecified atom stereocenters. The summed E-state index contributed by atoms with van der Waals surface area (Å²) in [7, 11) is 0. The summed E-state index contributed by atoms with van der Waals surface area (Å²) in [5, 5.41) is 3.16. The third-order valence-corrected chi connectivity index (χ3v) is 5.13. The molecule has 4 atom stereocenters. The molecule has 18 heavy (non-hydrogen) atoms. The molecule has 102 valence electrons. The van der Waals surface area contributed by atoms with Crippen LogP contribution in [-0.4, -0.2) is 30.7 Å². The molecule has 3 aliphatic carbocycles. The van der Waals surface area contributed by atoms with Crippen molar-refractivity contribution in [1.82, 2.24) is 5.32 Å². The molecule has 0 radical (unpaired) electrons. The highest BCUT2D eigenvalue weighted by Crippen LogP contribution is 2.47. The van der Waals surface area contributed by atoms with Crippen LogP contribution in [-0.2, 0) is 9.53 Å². The first-order chi connectivity index (χ1) is 8.69. The van der Waals surface area contributed by atoms with Gasteiger partial charge in [0, 0.05) is 18.7 Å². The third-order valence-electron chi connectivity index (χ3n) is 5.13. The Labute approximate surface area is 109 Å². The fraction of sp³-hybridized carbons (Fsp3) is 0.929. The Morgan fingerprint density at radius 3 is 2.61 bits per heavy atom. The fourth-order valence-corrected chi connectivity index (χ4v) is 4.08. The molecular weight excluding hydrogens is 228 g/mol. The molecule has 0 spiro atoms. The van der Waals surface area contributed by atoms with Crippen LogP contribution in [0, 0.1) is 17.8 Å². The van der Waals surface area contributed by atoms with Crippen LogP contribution in [0.15, 0.2) is 0 Å². The number of hydrogen-bond donors (Lipinski definition) is 2. The number of carbonyl (C=O) groups is 1. The zero-order valence-electron chi connectivity index (χ0n) is 11.1. The van der Waals surface area contributed by atoms with Crippen molar-refractivity contribution in [3.8, 4) is 0 Å². The second-order valence-electron chi connectivity index (χ2n) is 6.19. The van der Waals surface area contributed by atoms with Crippen molar-refractivity contribution >= 4 is 5.91 Å². The minimum absolute atomic E-state index is 0.0786. The molecule has 3 saturated carbocycles. The van der Waals surface area contributed by atoms with Crippen LogP contribution < -0.4 is 11.1 Å². The van der Waals surface area contributed by atoms with Gasteiger partial charge in [0.25, 0.3) is 0 Å². The minimum atomic E-state index is 0.0786. The molecule has 0 heterocycles. The zero-order valence-corrected chi connectivity index (χ0v) is 11.1. The topological polar surface area (TPSA) is 64.3 Å². The smallest absolute Gasteiger partial charge is 0.225 e. The fourth-order valence-electron chi connectivity index (χ4n) is 4.08. The number of amides is 1. The van der Waals surface area contributed by atoms with E-state index in [9.17, 15) is 4.79 Å². The predicted octanol–water partition coefficient (Wildman–Crippen LogP) is 1.04. The van der Waals surface area contributed by atoms with Gasteiger partial charge >= 0.3 is 0 Å². The van der Waals surface area contributed by atoms with Crippen LogP contribution in [0.25, 0.3) is 0 Å². The van der Waals surface area contributed by atoms with Gasteiger partial charge in [-0.15, -0.1) is 0 Å². The number of rotatable bonds is 4. The van der Waals surface area contributed by atoms with Crippen molar-refractivity contribution in [3.05, 3.63) is 0 Å². The molecule has 0 aromatic carbocycles. The van der Waals surface area contributed by atoms with Gasteiger partial charge in [0.15, 0.2) is 0 Å². The van der Waals surface area contributed by atoms with Crippen LogP contribution in [0.1, 0.15) is 39.0 Å². The zero-order chi connectivity index (χ0) is 12.7. The van der Waals surface area contributed by atoms with E-state index >= 15 is 0 Å².